The van der Waals surface area contributed by atoms with E-state index >= 15 is 0 Å². The van der Waals surface area contributed by atoms with Gasteiger partial charge in [0.2, 0.25) is 5.91 Å². The molecule has 1 rings (SSSR count). The molecule has 0 aliphatic rings. The molecule has 2 amide bonds. The van der Waals surface area contributed by atoms with Gasteiger partial charge < -0.3 is 20.5 Å². The van der Waals surface area contributed by atoms with Crippen LogP contribution in [0, 0.1) is 11.8 Å². The SMILES string of the molecule is CC(C)OC(=O)NC(C(=O)NC(c1ccc(Cl)cc1)C(C)C(=O)O)C(C)C. The highest BCUT2D eigenvalue weighted by atomic mass is 35.5. The molecule has 1 aromatic carbocycles. The highest BCUT2D eigenvalue weighted by Crippen LogP contribution is 2.24. The molecular formula is C19H27ClN2O5. The average Bonchev–Trinajstić information content (AvgIpc) is 2.56. The Hall–Kier alpha value is -2.28. The van der Waals surface area contributed by atoms with Gasteiger partial charge in [-0.05, 0) is 44.4 Å². The number of ether oxygens (including phenoxy) is 1. The van der Waals surface area contributed by atoms with Gasteiger partial charge in [0.1, 0.15) is 6.04 Å². The maximum atomic E-state index is 12.8. The summed E-state index contributed by atoms with van der Waals surface area (Å²) in [5, 5.41) is 15.2. The Morgan fingerprint density at radius 2 is 1.56 bits per heavy atom. The number of benzene rings is 1. The van der Waals surface area contributed by atoms with Gasteiger partial charge >= 0.3 is 12.1 Å². The smallest absolute Gasteiger partial charge is 0.408 e. The lowest BCUT2D eigenvalue weighted by Gasteiger charge is -2.28. The van der Waals surface area contributed by atoms with Crippen LogP contribution >= 0.6 is 11.6 Å². The Bertz CT molecular complexity index is 661. The Kier molecular flexibility index (Phi) is 8.56. The van der Waals surface area contributed by atoms with E-state index < -0.39 is 36.0 Å². The third-order valence-electron chi connectivity index (χ3n) is 3.98. The van der Waals surface area contributed by atoms with Crippen molar-refractivity contribution in [1.29, 1.82) is 0 Å². The second-order valence-corrected chi connectivity index (χ2v) is 7.42. The summed E-state index contributed by atoms with van der Waals surface area (Å²) in [7, 11) is 0. The number of halogens is 1. The number of rotatable bonds is 8. The number of hydrogen-bond donors (Lipinski definition) is 3. The zero-order valence-corrected chi connectivity index (χ0v) is 16.9. The Morgan fingerprint density at radius 3 is 2.00 bits per heavy atom. The van der Waals surface area contributed by atoms with Crippen LogP contribution in [0.2, 0.25) is 5.02 Å². The van der Waals surface area contributed by atoms with E-state index in [1.54, 1.807) is 52.0 Å². The van der Waals surface area contributed by atoms with Gasteiger partial charge in [-0.3, -0.25) is 9.59 Å². The average molecular weight is 399 g/mol. The highest BCUT2D eigenvalue weighted by Gasteiger charge is 2.31. The van der Waals surface area contributed by atoms with Crippen molar-refractivity contribution >= 4 is 29.6 Å². The molecule has 0 bridgehead atoms. The number of carbonyl (C=O) groups is 3. The zero-order valence-electron chi connectivity index (χ0n) is 16.2. The standard InChI is InChI=1S/C19H27ClN2O5/c1-10(2)15(22-19(26)27-11(3)4)17(23)21-16(12(5)18(24)25)13-6-8-14(20)9-7-13/h6-12,15-16H,1-5H3,(H,21,23)(H,22,26)(H,24,25). The monoisotopic (exact) mass is 398 g/mol. The van der Waals surface area contributed by atoms with Crippen LogP contribution < -0.4 is 10.6 Å². The van der Waals surface area contributed by atoms with Crippen LogP contribution in [-0.2, 0) is 14.3 Å². The predicted molar refractivity (Wildman–Crippen MR) is 103 cm³/mol. The van der Waals surface area contributed by atoms with Gasteiger partial charge in [-0.1, -0.05) is 37.6 Å². The van der Waals surface area contributed by atoms with Gasteiger partial charge in [-0.25, -0.2) is 4.79 Å². The molecule has 0 radical (unpaired) electrons. The number of amides is 2. The minimum atomic E-state index is -1.05. The van der Waals surface area contributed by atoms with Crippen molar-refractivity contribution in [2.75, 3.05) is 0 Å². The molecular weight excluding hydrogens is 372 g/mol. The second-order valence-electron chi connectivity index (χ2n) is 6.98. The fraction of sp³-hybridized carbons (Fsp3) is 0.526. The molecule has 3 atom stereocenters. The van der Waals surface area contributed by atoms with Crippen LogP contribution in [0.5, 0.6) is 0 Å². The van der Waals surface area contributed by atoms with Gasteiger partial charge in [0.25, 0.3) is 0 Å². The third kappa shape index (κ3) is 7.09. The first-order valence-electron chi connectivity index (χ1n) is 8.78. The van der Waals surface area contributed by atoms with E-state index in [9.17, 15) is 19.5 Å². The van der Waals surface area contributed by atoms with E-state index in [-0.39, 0.29) is 12.0 Å². The van der Waals surface area contributed by atoms with E-state index in [2.05, 4.69) is 10.6 Å². The second kappa shape index (κ2) is 10.2. The molecule has 8 heteroatoms. The lowest BCUT2D eigenvalue weighted by atomic mass is 9.93. The molecule has 0 heterocycles. The van der Waals surface area contributed by atoms with Crippen LogP contribution in [0.3, 0.4) is 0 Å². The lowest BCUT2D eigenvalue weighted by molar-refractivity contribution is -0.142. The van der Waals surface area contributed by atoms with Crippen LogP contribution in [0.25, 0.3) is 0 Å². The van der Waals surface area contributed by atoms with Gasteiger partial charge in [0.05, 0.1) is 18.1 Å². The molecule has 0 fully saturated rings. The summed E-state index contributed by atoms with van der Waals surface area (Å²) in [6.07, 6.45) is -1.03. The Morgan fingerprint density at radius 1 is 1.00 bits per heavy atom. The largest absolute Gasteiger partial charge is 0.481 e. The summed E-state index contributed by atoms with van der Waals surface area (Å²) in [6.45, 7) is 8.46. The van der Waals surface area contributed by atoms with Crippen molar-refractivity contribution in [3.63, 3.8) is 0 Å². The summed E-state index contributed by atoms with van der Waals surface area (Å²) in [5.41, 5.74) is 0.606. The molecule has 3 unspecified atom stereocenters. The molecule has 0 saturated heterocycles. The zero-order chi connectivity index (χ0) is 20.7. The number of aliphatic carboxylic acids is 1. The number of hydrogen-bond acceptors (Lipinski definition) is 4. The molecule has 150 valence electrons. The molecule has 1 aromatic rings. The molecule has 7 nitrogen and oxygen atoms in total. The van der Waals surface area contributed by atoms with Crippen molar-refractivity contribution in [3.05, 3.63) is 34.9 Å². The van der Waals surface area contributed by atoms with Gasteiger partial charge in [-0.2, -0.15) is 0 Å². The van der Waals surface area contributed by atoms with Crippen LogP contribution in [0.15, 0.2) is 24.3 Å². The van der Waals surface area contributed by atoms with E-state index in [1.165, 1.54) is 6.92 Å². The van der Waals surface area contributed by atoms with E-state index in [0.29, 0.717) is 10.6 Å². The summed E-state index contributed by atoms with van der Waals surface area (Å²) in [5.74, 6) is -2.65. The van der Waals surface area contributed by atoms with Crippen molar-refractivity contribution in [3.8, 4) is 0 Å². The number of nitrogens with one attached hydrogen (secondary N) is 2. The number of alkyl carbamates (subject to hydrolysis) is 1. The molecule has 0 spiro atoms. The molecule has 27 heavy (non-hydrogen) atoms. The Balaban J connectivity index is 3.02. The number of carbonyl (C=O) groups excluding carboxylic acids is 2. The summed E-state index contributed by atoms with van der Waals surface area (Å²) in [4.78, 5) is 36.2. The van der Waals surface area contributed by atoms with Crippen LogP contribution in [0.4, 0.5) is 4.79 Å². The summed E-state index contributed by atoms with van der Waals surface area (Å²) < 4.78 is 5.03. The molecule has 0 aliphatic carbocycles. The normalized spacial score (nSPS) is 14.4. The third-order valence-corrected chi connectivity index (χ3v) is 4.23. The van der Waals surface area contributed by atoms with E-state index in [4.69, 9.17) is 16.3 Å². The van der Waals surface area contributed by atoms with Crippen molar-refractivity contribution in [1.82, 2.24) is 10.6 Å². The van der Waals surface area contributed by atoms with Crippen molar-refractivity contribution < 1.29 is 24.2 Å². The first kappa shape index (κ1) is 22.8. The van der Waals surface area contributed by atoms with Crippen molar-refractivity contribution in [2.45, 2.75) is 52.8 Å². The highest BCUT2D eigenvalue weighted by molar-refractivity contribution is 6.30. The first-order chi connectivity index (χ1) is 12.5. The fourth-order valence-electron chi connectivity index (χ4n) is 2.46. The summed E-state index contributed by atoms with van der Waals surface area (Å²) in [6, 6.07) is 4.93. The predicted octanol–water partition coefficient (Wildman–Crippen LogP) is 3.38. The number of carboxylic acids is 1. The van der Waals surface area contributed by atoms with Gasteiger partial charge in [0.15, 0.2) is 0 Å². The minimum absolute atomic E-state index is 0.226. The topological polar surface area (TPSA) is 105 Å². The van der Waals surface area contributed by atoms with Gasteiger partial charge in [0, 0.05) is 5.02 Å². The Labute approximate surface area is 164 Å². The molecule has 0 saturated carbocycles. The minimum Gasteiger partial charge on any atom is -0.481 e. The van der Waals surface area contributed by atoms with E-state index in [0.717, 1.165) is 0 Å². The van der Waals surface area contributed by atoms with Crippen molar-refractivity contribution in [2.24, 2.45) is 11.8 Å². The molecule has 3 N–H and O–H groups in total. The van der Waals surface area contributed by atoms with E-state index in [1.807, 2.05) is 0 Å². The molecule has 0 aliphatic heterocycles. The lowest BCUT2D eigenvalue weighted by Crippen LogP contribution is -2.51. The van der Waals surface area contributed by atoms with Crippen LogP contribution in [-0.4, -0.2) is 35.2 Å². The quantitative estimate of drug-likeness (QED) is 0.622. The maximum absolute atomic E-state index is 12.8. The number of carboxylic acid groups (broad SMARTS) is 1. The molecule has 0 aromatic heterocycles. The first-order valence-corrected chi connectivity index (χ1v) is 9.16. The fourth-order valence-corrected chi connectivity index (χ4v) is 2.59. The maximum Gasteiger partial charge on any atom is 0.408 e. The van der Waals surface area contributed by atoms with Crippen LogP contribution in [0.1, 0.15) is 46.2 Å². The summed E-state index contributed by atoms with van der Waals surface area (Å²) >= 11 is 5.89. The van der Waals surface area contributed by atoms with Gasteiger partial charge in [-0.15, -0.1) is 0 Å².